The Balaban J connectivity index is 2.77. The number of rotatable bonds is 3. The highest BCUT2D eigenvalue weighted by Crippen LogP contribution is 2.49. The van der Waals surface area contributed by atoms with Gasteiger partial charge in [-0.05, 0) is 31.6 Å². The lowest BCUT2D eigenvalue weighted by Gasteiger charge is -2.31. The summed E-state index contributed by atoms with van der Waals surface area (Å²) in [6.45, 7) is 8.21. The van der Waals surface area contributed by atoms with Gasteiger partial charge in [-0.25, -0.2) is 0 Å². The molecule has 0 aromatic heterocycles. The Labute approximate surface area is 93.0 Å². The summed E-state index contributed by atoms with van der Waals surface area (Å²) in [5, 5.41) is 19.7. The van der Waals surface area contributed by atoms with Gasteiger partial charge in [-0.1, -0.05) is 32.9 Å². The van der Waals surface area contributed by atoms with E-state index in [4.69, 9.17) is 0 Å². The molecule has 1 aliphatic rings. The predicted octanol–water partition coefficient (Wildman–Crippen LogP) is 2.50. The van der Waals surface area contributed by atoms with Gasteiger partial charge in [0.15, 0.2) is 0 Å². The van der Waals surface area contributed by atoms with Crippen molar-refractivity contribution in [3.05, 3.63) is 12.2 Å². The minimum absolute atomic E-state index is 0.132. The van der Waals surface area contributed by atoms with Gasteiger partial charge in [0.25, 0.3) is 0 Å². The van der Waals surface area contributed by atoms with E-state index < -0.39 is 5.60 Å². The molecule has 2 nitrogen and oxygen atoms in total. The fraction of sp³-hybridized carbons (Fsp3) is 0.846. The molecule has 1 rings (SSSR count). The molecule has 1 aliphatic carbocycles. The average Bonchev–Trinajstić information content (AvgIpc) is 2.34. The summed E-state index contributed by atoms with van der Waals surface area (Å²) >= 11 is 0. The summed E-state index contributed by atoms with van der Waals surface area (Å²) in [7, 11) is 0. The quantitative estimate of drug-likeness (QED) is 0.706. The first-order valence-electron chi connectivity index (χ1n) is 5.88. The van der Waals surface area contributed by atoms with Crippen LogP contribution in [-0.4, -0.2) is 21.9 Å². The SMILES string of the molecule is CCC(O)C=CC1C(C)(C)CCC1(C)O. The topological polar surface area (TPSA) is 40.5 Å². The van der Waals surface area contributed by atoms with E-state index in [1.807, 2.05) is 26.0 Å². The predicted molar refractivity (Wildman–Crippen MR) is 62.6 cm³/mol. The minimum Gasteiger partial charge on any atom is -0.390 e. The van der Waals surface area contributed by atoms with E-state index in [0.717, 1.165) is 19.3 Å². The second-order valence-electron chi connectivity index (χ2n) is 5.68. The van der Waals surface area contributed by atoms with Crippen molar-refractivity contribution in [2.24, 2.45) is 11.3 Å². The van der Waals surface area contributed by atoms with Crippen LogP contribution in [0.25, 0.3) is 0 Å². The van der Waals surface area contributed by atoms with E-state index in [0.29, 0.717) is 0 Å². The minimum atomic E-state index is -0.618. The fourth-order valence-electron chi connectivity index (χ4n) is 2.57. The first kappa shape index (κ1) is 12.7. The van der Waals surface area contributed by atoms with Crippen LogP contribution < -0.4 is 0 Å². The summed E-state index contributed by atoms with van der Waals surface area (Å²) in [4.78, 5) is 0. The molecule has 1 fully saturated rings. The van der Waals surface area contributed by atoms with Gasteiger partial charge in [-0.3, -0.25) is 0 Å². The number of hydrogen-bond donors (Lipinski definition) is 2. The molecule has 2 heteroatoms. The first-order valence-corrected chi connectivity index (χ1v) is 5.88. The number of aliphatic hydroxyl groups is 2. The van der Waals surface area contributed by atoms with Gasteiger partial charge in [0.1, 0.15) is 0 Å². The van der Waals surface area contributed by atoms with Crippen molar-refractivity contribution in [1.29, 1.82) is 0 Å². The lowest BCUT2D eigenvalue weighted by Crippen LogP contribution is -2.33. The van der Waals surface area contributed by atoms with Crippen LogP contribution in [0.15, 0.2) is 12.2 Å². The van der Waals surface area contributed by atoms with Crippen molar-refractivity contribution >= 4 is 0 Å². The van der Waals surface area contributed by atoms with Crippen LogP contribution >= 0.6 is 0 Å². The van der Waals surface area contributed by atoms with E-state index in [9.17, 15) is 10.2 Å². The van der Waals surface area contributed by atoms with Gasteiger partial charge in [-0.15, -0.1) is 0 Å². The molecule has 3 atom stereocenters. The highest BCUT2D eigenvalue weighted by Gasteiger charge is 2.47. The molecule has 0 aromatic rings. The molecular formula is C13H24O2. The molecule has 2 N–H and O–H groups in total. The summed E-state index contributed by atoms with van der Waals surface area (Å²) < 4.78 is 0. The molecule has 1 saturated carbocycles. The maximum Gasteiger partial charge on any atom is 0.0718 e. The van der Waals surface area contributed by atoms with Crippen LogP contribution in [-0.2, 0) is 0 Å². The monoisotopic (exact) mass is 212 g/mol. The van der Waals surface area contributed by atoms with Crippen LogP contribution in [0.5, 0.6) is 0 Å². The zero-order valence-corrected chi connectivity index (χ0v) is 10.3. The van der Waals surface area contributed by atoms with Gasteiger partial charge in [0.2, 0.25) is 0 Å². The molecule has 15 heavy (non-hydrogen) atoms. The maximum atomic E-state index is 10.2. The molecule has 0 aromatic carbocycles. The van der Waals surface area contributed by atoms with Gasteiger partial charge in [0, 0.05) is 5.92 Å². The molecule has 0 bridgehead atoms. The first-order chi connectivity index (χ1) is 6.79. The molecule has 0 radical (unpaired) electrons. The lowest BCUT2D eigenvalue weighted by molar-refractivity contribution is 0.0184. The van der Waals surface area contributed by atoms with Crippen LogP contribution in [0.2, 0.25) is 0 Å². The van der Waals surface area contributed by atoms with Crippen molar-refractivity contribution in [3.8, 4) is 0 Å². The third kappa shape index (κ3) is 2.82. The smallest absolute Gasteiger partial charge is 0.0718 e. The standard InChI is InChI=1S/C13H24O2/c1-5-10(14)6-7-11-12(2,3)8-9-13(11,4)15/h6-7,10-11,14-15H,5,8-9H2,1-4H3. The Bertz CT molecular complexity index is 225. The summed E-state index contributed by atoms with van der Waals surface area (Å²) in [5.74, 6) is 0.145. The molecule has 0 amide bonds. The molecular weight excluding hydrogens is 188 g/mol. The molecule has 3 unspecified atom stereocenters. The number of hydrogen-bond acceptors (Lipinski definition) is 2. The van der Waals surface area contributed by atoms with Crippen molar-refractivity contribution < 1.29 is 10.2 Å². The van der Waals surface area contributed by atoms with Gasteiger partial charge >= 0.3 is 0 Å². The highest BCUT2D eigenvalue weighted by molar-refractivity contribution is 5.09. The highest BCUT2D eigenvalue weighted by atomic mass is 16.3. The molecule has 88 valence electrons. The van der Waals surface area contributed by atoms with Crippen molar-refractivity contribution in [1.82, 2.24) is 0 Å². The van der Waals surface area contributed by atoms with Crippen LogP contribution in [0, 0.1) is 11.3 Å². The average molecular weight is 212 g/mol. The fourth-order valence-corrected chi connectivity index (χ4v) is 2.57. The van der Waals surface area contributed by atoms with E-state index in [1.165, 1.54) is 0 Å². The largest absolute Gasteiger partial charge is 0.390 e. The Hall–Kier alpha value is -0.340. The van der Waals surface area contributed by atoms with Crippen molar-refractivity contribution in [3.63, 3.8) is 0 Å². The van der Waals surface area contributed by atoms with E-state index >= 15 is 0 Å². The van der Waals surface area contributed by atoms with E-state index in [1.54, 1.807) is 0 Å². The Morgan fingerprint density at radius 3 is 2.33 bits per heavy atom. The molecule has 0 spiro atoms. The van der Waals surface area contributed by atoms with Crippen LogP contribution in [0.4, 0.5) is 0 Å². The second-order valence-corrected chi connectivity index (χ2v) is 5.68. The lowest BCUT2D eigenvalue weighted by atomic mass is 9.77. The Morgan fingerprint density at radius 2 is 1.93 bits per heavy atom. The normalized spacial score (nSPS) is 37.3. The van der Waals surface area contributed by atoms with Crippen molar-refractivity contribution in [2.75, 3.05) is 0 Å². The third-order valence-electron chi connectivity index (χ3n) is 3.73. The summed E-state index contributed by atoms with van der Waals surface area (Å²) in [6.07, 6.45) is 6.06. The van der Waals surface area contributed by atoms with Gasteiger partial charge < -0.3 is 10.2 Å². The zero-order chi connectivity index (χ0) is 11.7. The molecule has 0 saturated heterocycles. The second kappa shape index (κ2) is 4.26. The molecule has 0 aliphatic heterocycles. The Kier molecular flexibility index (Phi) is 3.62. The van der Waals surface area contributed by atoms with Crippen molar-refractivity contribution in [2.45, 2.75) is 58.7 Å². The van der Waals surface area contributed by atoms with E-state index in [-0.39, 0.29) is 17.4 Å². The third-order valence-corrected chi connectivity index (χ3v) is 3.73. The molecule has 0 heterocycles. The Morgan fingerprint density at radius 1 is 1.33 bits per heavy atom. The van der Waals surface area contributed by atoms with Gasteiger partial charge in [-0.2, -0.15) is 0 Å². The van der Waals surface area contributed by atoms with E-state index in [2.05, 4.69) is 13.8 Å². The summed E-state index contributed by atoms with van der Waals surface area (Å²) in [6, 6.07) is 0. The van der Waals surface area contributed by atoms with Crippen LogP contribution in [0.1, 0.15) is 47.0 Å². The zero-order valence-electron chi connectivity index (χ0n) is 10.3. The number of aliphatic hydroxyl groups excluding tert-OH is 1. The van der Waals surface area contributed by atoms with Crippen LogP contribution in [0.3, 0.4) is 0 Å². The summed E-state index contributed by atoms with van der Waals surface area (Å²) in [5.41, 5.74) is -0.485. The maximum absolute atomic E-state index is 10.2. The van der Waals surface area contributed by atoms with Gasteiger partial charge in [0.05, 0.1) is 11.7 Å².